The molecule has 1 aliphatic heterocycles. The molecule has 0 radical (unpaired) electrons. The normalized spacial score (nSPS) is 14.4. The van der Waals surface area contributed by atoms with Gasteiger partial charge in [0.15, 0.2) is 11.5 Å². The molecule has 2 N–H and O–H groups in total. The van der Waals surface area contributed by atoms with E-state index in [0.717, 1.165) is 29.0 Å². The van der Waals surface area contributed by atoms with Crippen LogP contribution in [0.15, 0.2) is 42.5 Å². The first-order valence-corrected chi connectivity index (χ1v) is 6.50. The molecule has 0 saturated heterocycles. The fraction of sp³-hybridized carbons (Fsp3) is 0.200. The zero-order valence-corrected chi connectivity index (χ0v) is 11.1. The smallest absolute Gasteiger partial charge is 0.231 e. The molecule has 19 heavy (non-hydrogen) atoms. The molecule has 0 aliphatic carbocycles. The maximum Gasteiger partial charge on any atom is 0.231 e. The monoisotopic (exact) mass is 275 g/mol. The van der Waals surface area contributed by atoms with Crippen LogP contribution in [-0.4, -0.2) is 6.79 Å². The Labute approximate surface area is 116 Å². The maximum atomic E-state index is 6.21. The van der Waals surface area contributed by atoms with Gasteiger partial charge in [0.05, 0.1) is 0 Å². The Morgan fingerprint density at radius 2 is 1.95 bits per heavy atom. The number of benzene rings is 2. The SMILES string of the molecule is NC(Cc1ccc2c(c1)OCO2)c1cccc(Cl)c1. The second-order valence-corrected chi connectivity index (χ2v) is 4.99. The van der Waals surface area contributed by atoms with Gasteiger partial charge in [0.2, 0.25) is 6.79 Å². The van der Waals surface area contributed by atoms with Crippen LogP contribution >= 0.6 is 11.6 Å². The summed E-state index contributed by atoms with van der Waals surface area (Å²) in [5.41, 5.74) is 8.36. The van der Waals surface area contributed by atoms with Crippen LogP contribution in [0.5, 0.6) is 11.5 Å². The van der Waals surface area contributed by atoms with Gasteiger partial charge in [0.25, 0.3) is 0 Å². The van der Waals surface area contributed by atoms with Gasteiger partial charge in [0, 0.05) is 11.1 Å². The average Bonchev–Trinajstić information content (AvgIpc) is 2.86. The summed E-state index contributed by atoms with van der Waals surface area (Å²) in [6, 6.07) is 13.5. The van der Waals surface area contributed by atoms with Gasteiger partial charge in [-0.05, 0) is 41.8 Å². The van der Waals surface area contributed by atoms with Crippen molar-refractivity contribution in [2.24, 2.45) is 5.73 Å². The summed E-state index contributed by atoms with van der Waals surface area (Å²) in [7, 11) is 0. The van der Waals surface area contributed by atoms with Crippen molar-refractivity contribution in [3.63, 3.8) is 0 Å². The zero-order chi connectivity index (χ0) is 13.2. The standard InChI is InChI=1S/C15H14ClNO2/c16-12-3-1-2-11(8-12)13(17)6-10-4-5-14-15(7-10)19-9-18-14/h1-5,7-8,13H,6,9,17H2. The summed E-state index contributed by atoms with van der Waals surface area (Å²) in [5.74, 6) is 1.58. The van der Waals surface area contributed by atoms with Crippen LogP contribution in [0.25, 0.3) is 0 Å². The number of halogens is 1. The lowest BCUT2D eigenvalue weighted by atomic mass is 9.99. The Morgan fingerprint density at radius 3 is 2.79 bits per heavy atom. The van der Waals surface area contributed by atoms with Gasteiger partial charge in [-0.1, -0.05) is 29.8 Å². The second-order valence-electron chi connectivity index (χ2n) is 4.55. The van der Waals surface area contributed by atoms with Crippen molar-refractivity contribution in [3.05, 3.63) is 58.6 Å². The summed E-state index contributed by atoms with van der Waals surface area (Å²) in [6.07, 6.45) is 0.733. The van der Waals surface area contributed by atoms with Crippen LogP contribution in [0.4, 0.5) is 0 Å². The lowest BCUT2D eigenvalue weighted by Gasteiger charge is -2.12. The van der Waals surface area contributed by atoms with Gasteiger partial charge in [-0.3, -0.25) is 0 Å². The van der Waals surface area contributed by atoms with Gasteiger partial charge in [-0.25, -0.2) is 0 Å². The molecule has 0 saturated carbocycles. The molecule has 3 rings (SSSR count). The third kappa shape index (κ3) is 2.67. The van der Waals surface area contributed by atoms with Crippen LogP contribution in [0.3, 0.4) is 0 Å². The summed E-state index contributed by atoms with van der Waals surface area (Å²) >= 11 is 5.98. The molecule has 2 aromatic rings. The minimum Gasteiger partial charge on any atom is -0.454 e. The van der Waals surface area contributed by atoms with Gasteiger partial charge < -0.3 is 15.2 Å². The minimum atomic E-state index is -0.0842. The van der Waals surface area contributed by atoms with Crippen molar-refractivity contribution in [1.82, 2.24) is 0 Å². The highest BCUT2D eigenvalue weighted by atomic mass is 35.5. The summed E-state index contributed by atoms with van der Waals surface area (Å²) in [4.78, 5) is 0. The predicted molar refractivity (Wildman–Crippen MR) is 74.6 cm³/mol. The van der Waals surface area contributed by atoms with Crippen LogP contribution in [0, 0.1) is 0 Å². The first kappa shape index (κ1) is 12.3. The quantitative estimate of drug-likeness (QED) is 0.935. The molecule has 1 unspecified atom stereocenters. The maximum absolute atomic E-state index is 6.21. The fourth-order valence-electron chi connectivity index (χ4n) is 2.18. The Hall–Kier alpha value is -1.71. The van der Waals surface area contributed by atoms with Crippen molar-refractivity contribution in [2.45, 2.75) is 12.5 Å². The molecule has 4 heteroatoms. The van der Waals surface area contributed by atoms with Crippen molar-refractivity contribution in [1.29, 1.82) is 0 Å². The molecule has 0 fully saturated rings. The van der Waals surface area contributed by atoms with Crippen LogP contribution in [-0.2, 0) is 6.42 Å². The lowest BCUT2D eigenvalue weighted by Crippen LogP contribution is -2.13. The zero-order valence-electron chi connectivity index (χ0n) is 10.3. The first-order valence-electron chi connectivity index (χ1n) is 6.12. The van der Waals surface area contributed by atoms with Crippen molar-refractivity contribution in [3.8, 4) is 11.5 Å². The van der Waals surface area contributed by atoms with E-state index in [1.165, 1.54) is 0 Å². The number of fused-ring (bicyclic) bond motifs is 1. The molecular weight excluding hydrogens is 262 g/mol. The summed E-state index contributed by atoms with van der Waals surface area (Å²) in [6.45, 7) is 0.291. The lowest BCUT2D eigenvalue weighted by molar-refractivity contribution is 0.174. The van der Waals surface area contributed by atoms with Gasteiger partial charge in [-0.15, -0.1) is 0 Å². The number of hydrogen-bond donors (Lipinski definition) is 1. The Kier molecular flexibility index (Phi) is 3.32. The number of ether oxygens (including phenoxy) is 2. The molecule has 1 atom stereocenters. The third-order valence-corrected chi connectivity index (χ3v) is 3.40. The highest BCUT2D eigenvalue weighted by Gasteiger charge is 2.15. The van der Waals surface area contributed by atoms with E-state index in [1.54, 1.807) is 0 Å². The number of nitrogens with two attached hydrogens (primary N) is 1. The van der Waals surface area contributed by atoms with Crippen molar-refractivity contribution in [2.75, 3.05) is 6.79 Å². The van der Waals surface area contributed by atoms with Crippen LogP contribution in [0.1, 0.15) is 17.2 Å². The van der Waals surface area contributed by atoms with Gasteiger partial charge in [0.1, 0.15) is 0 Å². The average molecular weight is 276 g/mol. The van der Waals surface area contributed by atoms with E-state index in [4.69, 9.17) is 26.8 Å². The largest absolute Gasteiger partial charge is 0.454 e. The van der Waals surface area contributed by atoms with E-state index in [9.17, 15) is 0 Å². The Bertz CT molecular complexity index is 600. The molecule has 0 aromatic heterocycles. The second kappa shape index (κ2) is 5.11. The van der Waals surface area contributed by atoms with Gasteiger partial charge >= 0.3 is 0 Å². The Morgan fingerprint density at radius 1 is 1.11 bits per heavy atom. The minimum absolute atomic E-state index is 0.0842. The molecule has 1 aliphatic rings. The third-order valence-electron chi connectivity index (χ3n) is 3.17. The number of rotatable bonds is 3. The van der Waals surface area contributed by atoms with E-state index < -0.39 is 0 Å². The van der Waals surface area contributed by atoms with Gasteiger partial charge in [-0.2, -0.15) is 0 Å². The molecule has 1 heterocycles. The molecule has 0 amide bonds. The van der Waals surface area contributed by atoms with E-state index in [2.05, 4.69) is 0 Å². The summed E-state index contributed by atoms with van der Waals surface area (Å²) < 4.78 is 10.6. The molecule has 2 aromatic carbocycles. The Balaban J connectivity index is 1.77. The van der Waals surface area contributed by atoms with E-state index in [-0.39, 0.29) is 6.04 Å². The van der Waals surface area contributed by atoms with Crippen molar-refractivity contribution < 1.29 is 9.47 Å². The van der Waals surface area contributed by atoms with E-state index in [1.807, 2.05) is 42.5 Å². The molecule has 3 nitrogen and oxygen atoms in total. The topological polar surface area (TPSA) is 44.5 Å². The highest BCUT2D eigenvalue weighted by Crippen LogP contribution is 2.33. The summed E-state index contributed by atoms with van der Waals surface area (Å²) in [5, 5.41) is 0.707. The van der Waals surface area contributed by atoms with Crippen molar-refractivity contribution >= 4 is 11.6 Å². The molecule has 0 bridgehead atoms. The van der Waals surface area contributed by atoms with Crippen LogP contribution < -0.4 is 15.2 Å². The number of hydrogen-bond acceptors (Lipinski definition) is 3. The molecular formula is C15H14ClNO2. The highest BCUT2D eigenvalue weighted by molar-refractivity contribution is 6.30. The fourth-order valence-corrected chi connectivity index (χ4v) is 2.38. The molecule has 0 spiro atoms. The predicted octanol–water partition coefficient (Wildman–Crippen LogP) is 3.31. The molecule has 98 valence electrons. The first-order chi connectivity index (χ1) is 9.22. The van der Waals surface area contributed by atoms with Crippen LogP contribution in [0.2, 0.25) is 5.02 Å². The van der Waals surface area contributed by atoms with E-state index >= 15 is 0 Å². The van der Waals surface area contributed by atoms with E-state index in [0.29, 0.717) is 11.8 Å².